The van der Waals surface area contributed by atoms with E-state index in [9.17, 15) is 0 Å². The first-order valence-corrected chi connectivity index (χ1v) is 7.93. The second kappa shape index (κ2) is 5.72. The number of anilines is 1. The van der Waals surface area contributed by atoms with Crippen LogP contribution in [0, 0.1) is 5.92 Å². The third-order valence-corrected chi connectivity index (χ3v) is 5.21. The molecule has 0 bridgehead atoms. The van der Waals surface area contributed by atoms with Gasteiger partial charge < -0.3 is 10.6 Å². The number of halogens is 1. The van der Waals surface area contributed by atoms with Crippen molar-refractivity contribution in [1.29, 1.82) is 0 Å². The van der Waals surface area contributed by atoms with Crippen molar-refractivity contribution < 1.29 is 0 Å². The van der Waals surface area contributed by atoms with Crippen molar-refractivity contribution >= 4 is 17.3 Å². The lowest BCUT2D eigenvalue weighted by Crippen LogP contribution is -2.47. The van der Waals surface area contributed by atoms with Crippen LogP contribution in [0.2, 0.25) is 5.02 Å². The monoisotopic (exact) mass is 278 g/mol. The minimum Gasteiger partial charge on any atom is -0.368 e. The van der Waals surface area contributed by atoms with Gasteiger partial charge in [-0.3, -0.25) is 0 Å². The van der Waals surface area contributed by atoms with E-state index in [2.05, 4.69) is 17.0 Å². The summed E-state index contributed by atoms with van der Waals surface area (Å²) in [5, 5.41) is 0.818. The summed E-state index contributed by atoms with van der Waals surface area (Å²) in [6, 6.07) is 6.93. The number of benzene rings is 1. The number of rotatable bonds is 2. The Bertz CT molecular complexity index is 444. The summed E-state index contributed by atoms with van der Waals surface area (Å²) in [5.41, 5.74) is 8.32. The highest BCUT2D eigenvalue weighted by atomic mass is 35.5. The van der Waals surface area contributed by atoms with E-state index in [-0.39, 0.29) is 0 Å². The summed E-state index contributed by atoms with van der Waals surface area (Å²) in [5.74, 6) is 0.882. The van der Waals surface area contributed by atoms with E-state index in [0.29, 0.717) is 12.6 Å². The smallest absolute Gasteiger partial charge is 0.0471 e. The second-order valence-electron chi connectivity index (χ2n) is 5.89. The normalized spacial score (nSPS) is 27.2. The summed E-state index contributed by atoms with van der Waals surface area (Å²) < 4.78 is 0. The fourth-order valence-corrected chi connectivity index (χ4v) is 4.19. The molecule has 1 aliphatic carbocycles. The van der Waals surface area contributed by atoms with E-state index in [0.717, 1.165) is 23.0 Å². The van der Waals surface area contributed by atoms with Gasteiger partial charge in [-0.15, -0.1) is 0 Å². The summed E-state index contributed by atoms with van der Waals surface area (Å²) in [6.07, 6.45) is 8.22. The molecule has 104 valence electrons. The van der Waals surface area contributed by atoms with Crippen LogP contribution in [0.4, 0.5) is 5.69 Å². The van der Waals surface area contributed by atoms with Crippen molar-refractivity contribution in [2.45, 2.75) is 51.1 Å². The third kappa shape index (κ3) is 2.48. The molecular formula is C16H23ClN2. The maximum atomic E-state index is 6.32. The quantitative estimate of drug-likeness (QED) is 0.887. The number of fused-ring (bicyclic) bond motifs is 1. The molecule has 2 atom stereocenters. The van der Waals surface area contributed by atoms with Crippen molar-refractivity contribution in [1.82, 2.24) is 0 Å². The Hall–Kier alpha value is -0.730. The predicted molar refractivity (Wildman–Crippen MR) is 81.7 cm³/mol. The van der Waals surface area contributed by atoms with Gasteiger partial charge in [0.2, 0.25) is 0 Å². The Labute approximate surface area is 120 Å². The highest BCUT2D eigenvalue weighted by Gasteiger charge is 2.34. The van der Waals surface area contributed by atoms with E-state index in [1.54, 1.807) is 0 Å². The molecule has 3 heteroatoms. The molecule has 2 aliphatic rings. The summed E-state index contributed by atoms with van der Waals surface area (Å²) in [6.45, 7) is 1.69. The van der Waals surface area contributed by atoms with Gasteiger partial charge in [-0.2, -0.15) is 0 Å². The highest BCUT2D eigenvalue weighted by Crippen LogP contribution is 2.39. The zero-order valence-corrected chi connectivity index (χ0v) is 12.2. The standard InChI is InChI=1S/C16H23ClN2/c17-14-7-3-9-16(13(14)11-18)19-10-4-6-12-5-1-2-8-15(12)19/h3,7,9,12,15H,1-2,4-6,8,10-11,18H2. The van der Waals surface area contributed by atoms with E-state index < -0.39 is 0 Å². The van der Waals surface area contributed by atoms with Crippen LogP contribution in [-0.4, -0.2) is 12.6 Å². The molecule has 1 aromatic rings. The Kier molecular flexibility index (Phi) is 3.99. The largest absolute Gasteiger partial charge is 0.368 e. The molecule has 1 heterocycles. The maximum absolute atomic E-state index is 6.32. The number of nitrogens with two attached hydrogens (primary N) is 1. The van der Waals surface area contributed by atoms with E-state index in [1.807, 2.05) is 6.07 Å². The highest BCUT2D eigenvalue weighted by molar-refractivity contribution is 6.31. The molecule has 1 aliphatic heterocycles. The van der Waals surface area contributed by atoms with E-state index >= 15 is 0 Å². The van der Waals surface area contributed by atoms with Gasteiger partial charge in [0.15, 0.2) is 0 Å². The molecule has 1 saturated carbocycles. The van der Waals surface area contributed by atoms with Gasteiger partial charge in [0.25, 0.3) is 0 Å². The average Bonchev–Trinajstić information content (AvgIpc) is 2.46. The lowest BCUT2D eigenvalue weighted by atomic mass is 9.78. The Morgan fingerprint density at radius 1 is 1.16 bits per heavy atom. The molecule has 0 radical (unpaired) electrons. The molecule has 2 fully saturated rings. The van der Waals surface area contributed by atoms with E-state index in [1.165, 1.54) is 44.2 Å². The van der Waals surface area contributed by atoms with E-state index in [4.69, 9.17) is 17.3 Å². The minimum atomic E-state index is 0.531. The zero-order valence-electron chi connectivity index (χ0n) is 11.4. The van der Waals surface area contributed by atoms with Gasteiger partial charge in [0.05, 0.1) is 0 Å². The molecule has 2 unspecified atom stereocenters. The molecule has 0 amide bonds. The second-order valence-corrected chi connectivity index (χ2v) is 6.30. The number of piperidine rings is 1. The third-order valence-electron chi connectivity index (χ3n) is 4.85. The molecule has 0 aromatic heterocycles. The summed E-state index contributed by atoms with van der Waals surface area (Å²) in [7, 11) is 0. The fourth-order valence-electron chi connectivity index (χ4n) is 3.94. The molecule has 1 aromatic carbocycles. The van der Waals surface area contributed by atoms with Crippen LogP contribution in [0.1, 0.15) is 44.1 Å². The molecule has 3 rings (SSSR count). The zero-order chi connectivity index (χ0) is 13.2. The van der Waals surface area contributed by atoms with Crippen LogP contribution < -0.4 is 10.6 Å². The first-order chi connectivity index (χ1) is 9.31. The van der Waals surface area contributed by atoms with Crippen LogP contribution in [0.3, 0.4) is 0 Å². The molecular weight excluding hydrogens is 256 g/mol. The van der Waals surface area contributed by atoms with Gasteiger partial charge in [-0.05, 0) is 43.7 Å². The molecule has 1 saturated heterocycles. The predicted octanol–water partition coefficient (Wildman–Crippen LogP) is 3.96. The van der Waals surface area contributed by atoms with Crippen LogP contribution in [0.25, 0.3) is 0 Å². The number of hydrogen-bond acceptors (Lipinski definition) is 2. The molecule has 19 heavy (non-hydrogen) atoms. The number of hydrogen-bond donors (Lipinski definition) is 1. The molecule has 0 spiro atoms. The first-order valence-electron chi connectivity index (χ1n) is 7.55. The average molecular weight is 279 g/mol. The Balaban J connectivity index is 1.94. The molecule has 2 N–H and O–H groups in total. The van der Waals surface area contributed by atoms with Crippen molar-refractivity contribution in [3.8, 4) is 0 Å². The fraction of sp³-hybridized carbons (Fsp3) is 0.625. The SMILES string of the molecule is NCc1c(Cl)cccc1N1CCCC2CCCCC21. The minimum absolute atomic E-state index is 0.531. The van der Waals surface area contributed by atoms with Crippen LogP contribution >= 0.6 is 11.6 Å². The summed E-state index contributed by atoms with van der Waals surface area (Å²) in [4.78, 5) is 2.60. The Morgan fingerprint density at radius 2 is 1.95 bits per heavy atom. The van der Waals surface area contributed by atoms with Crippen molar-refractivity contribution in [2.24, 2.45) is 11.7 Å². The van der Waals surface area contributed by atoms with Gasteiger partial charge in [-0.1, -0.05) is 30.5 Å². The topological polar surface area (TPSA) is 29.3 Å². The van der Waals surface area contributed by atoms with Gasteiger partial charge in [0, 0.05) is 35.4 Å². The van der Waals surface area contributed by atoms with Crippen molar-refractivity contribution in [3.05, 3.63) is 28.8 Å². The lowest BCUT2D eigenvalue weighted by molar-refractivity contribution is 0.243. The van der Waals surface area contributed by atoms with Crippen molar-refractivity contribution in [2.75, 3.05) is 11.4 Å². The van der Waals surface area contributed by atoms with Crippen LogP contribution in [0.5, 0.6) is 0 Å². The first kappa shape index (κ1) is 13.3. The number of nitrogens with zero attached hydrogens (tertiary/aromatic N) is 1. The lowest BCUT2D eigenvalue weighted by Gasteiger charge is -2.46. The Morgan fingerprint density at radius 3 is 2.79 bits per heavy atom. The van der Waals surface area contributed by atoms with Crippen LogP contribution in [-0.2, 0) is 6.54 Å². The van der Waals surface area contributed by atoms with Crippen LogP contribution in [0.15, 0.2) is 18.2 Å². The van der Waals surface area contributed by atoms with Gasteiger partial charge >= 0.3 is 0 Å². The summed E-state index contributed by atoms with van der Waals surface area (Å²) >= 11 is 6.32. The maximum Gasteiger partial charge on any atom is 0.0471 e. The van der Waals surface area contributed by atoms with Gasteiger partial charge in [-0.25, -0.2) is 0 Å². The van der Waals surface area contributed by atoms with Crippen molar-refractivity contribution in [3.63, 3.8) is 0 Å². The molecule has 2 nitrogen and oxygen atoms in total. The van der Waals surface area contributed by atoms with Gasteiger partial charge in [0.1, 0.15) is 0 Å².